The van der Waals surface area contributed by atoms with Crippen LogP contribution < -0.4 is 5.32 Å². The molecule has 1 N–H and O–H groups in total. The van der Waals surface area contributed by atoms with Crippen LogP contribution in [-0.4, -0.2) is 35.4 Å². The molecule has 0 bridgehead atoms. The van der Waals surface area contributed by atoms with Gasteiger partial charge in [-0.25, -0.2) is 8.78 Å². The molecule has 0 unspecified atom stereocenters. The molecular formula is C24H23F2N3O4. The number of ether oxygens (including phenoxy) is 1. The zero-order valence-electron chi connectivity index (χ0n) is 18.3. The van der Waals surface area contributed by atoms with Gasteiger partial charge in [0.25, 0.3) is 11.8 Å². The molecule has 2 aromatic heterocycles. The fraction of sp³-hybridized carbons (Fsp3) is 0.292. The third-order valence-electron chi connectivity index (χ3n) is 5.59. The molecule has 0 saturated heterocycles. The summed E-state index contributed by atoms with van der Waals surface area (Å²) in [5.74, 6) is -1.64. The van der Waals surface area contributed by atoms with Gasteiger partial charge in [-0.3, -0.25) is 14.6 Å². The Kier molecular flexibility index (Phi) is 6.50. The van der Waals surface area contributed by atoms with E-state index in [4.69, 9.17) is 9.15 Å². The topological polar surface area (TPSA) is 84.7 Å². The van der Waals surface area contributed by atoms with E-state index in [0.29, 0.717) is 18.7 Å². The highest BCUT2D eigenvalue weighted by Crippen LogP contribution is 2.25. The Balaban J connectivity index is 1.48. The third-order valence-corrected chi connectivity index (χ3v) is 5.59. The number of rotatable bonds is 6. The number of amides is 2. The molecule has 0 atom stereocenters. The van der Waals surface area contributed by atoms with Crippen molar-refractivity contribution >= 4 is 11.8 Å². The number of aryl methyl sites for hydroxylation is 1. The second kappa shape index (κ2) is 9.50. The Morgan fingerprint density at radius 2 is 1.97 bits per heavy atom. The zero-order chi connectivity index (χ0) is 23.5. The molecule has 7 nitrogen and oxygen atoms in total. The summed E-state index contributed by atoms with van der Waals surface area (Å²) >= 11 is 0. The first-order valence-corrected chi connectivity index (χ1v) is 10.4. The average Bonchev–Trinajstić information content (AvgIpc) is 3.26. The molecule has 0 aliphatic carbocycles. The molecule has 9 heteroatoms. The van der Waals surface area contributed by atoms with Gasteiger partial charge in [-0.2, -0.15) is 0 Å². The molecule has 1 aliphatic heterocycles. The van der Waals surface area contributed by atoms with Gasteiger partial charge in [0.05, 0.1) is 0 Å². The van der Waals surface area contributed by atoms with Crippen LogP contribution in [0.1, 0.15) is 49.1 Å². The summed E-state index contributed by atoms with van der Waals surface area (Å²) < 4.78 is 37.5. The molecule has 4 rings (SSSR count). The van der Waals surface area contributed by atoms with Crippen LogP contribution in [-0.2, 0) is 30.9 Å². The van der Waals surface area contributed by atoms with E-state index in [1.807, 2.05) is 6.92 Å². The number of pyridine rings is 1. The lowest BCUT2D eigenvalue weighted by atomic mass is 9.94. The van der Waals surface area contributed by atoms with Gasteiger partial charge in [0.2, 0.25) is 0 Å². The van der Waals surface area contributed by atoms with Crippen LogP contribution >= 0.6 is 0 Å². The summed E-state index contributed by atoms with van der Waals surface area (Å²) in [6.45, 7) is 3.04. The van der Waals surface area contributed by atoms with Gasteiger partial charge in [0.1, 0.15) is 24.0 Å². The van der Waals surface area contributed by atoms with Gasteiger partial charge in [0, 0.05) is 50.3 Å². The maximum Gasteiger partial charge on any atom is 0.287 e. The molecule has 1 aliphatic rings. The highest BCUT2D eigenvalue weighted by atomic mass is 19.1. The number of hydrogen-bond acceptors (Lipinski definition) is 5. The Hall–Kier alpha value is -3.59. The summed E-state index contributed by atoms with van der Waals surface area (Å²) in [6, 6.07) is 6.07. The first-order chi connectivity index (χ1) is 15.9. The van der Waals surface area contributed by atoms with Crippen molar-refractivity contribution in [3.63, 3.8) is 0 Å². The Morgan fingerprint density at radius 1 is 1.21 bits per heavy atom. The maximum atomic E-state index is 13.5. The number of methoxy groups -OCH3 is 1. The number of carbonyl (C=O) groups excluding carboxylic acids is 2. The van der Waals surface area contributed by atoms with Crippen LogP contribution in [0.3, 0.4) is 0 Å². The smallest absolute Gasteiger partial charge is 0.287 e. The molecule has 172 valence electrons. The van der Waals surface area contributed by atoms with E-state index < -0.39 is 17.5 Å². The maximum absolute atomic E-state index is 13.5. The zero-order valence-corrected chi connectivity index (χ0v) is 18.3. The predicted octanol–water partition coefficient (Wildman–Crippen LogP) is 3.54. The minimum Gasteiger partial charge on any atom is -0.453 e. The van der Waals surface area contributed by atoms with E-state index in [9.17, 15) is 18.4 Å². The normalized spacial score (nSPS) is 13.0. The summed E-state index contributed by atoms with van der Waals surface area (Å²) in [5, 5.41) is 2.86. The van der Waals surface area contributed by atoms with Crippen LogP contribution in [0.15, 0.2) is 40.9 Å². The number of furan rings is 1. The molecule has 33 heavy (non-hydrogen) atoms. The summed E-state index contributed by atoms with van der Waals surface area (Å²) in [5.41, 5.74) is 3.47. The van der Waals surface area contributed by atoms with Crippen molar-refractivity contribution < 1.29 is 27.5 Å². The monoisotopic (exact) mass is 455 g/mol. The number of halogens is 2. The molecule has 1 aromatic carbocycles. The van der Waals surface area contributed by atoms with E-state index in [-0.39, 0.29) is 36.9 Å². The Bertz CT molecular complexity index is 1190. The molecule has 3 heterocycles. The largest absolute Gasteiger partial charge is 0.453 e. The number of hydrogen-bond donors (Lipinski definition) is 1. The summed E-state index contributed by atoms with van der Waals surface area (Å²) in [7, 11) is 1.54. The number of carbonyl (C=O) groups is 2. The van der Waals surface area contributed by atoms with Crippen molar-refractivity contribution in [3.05, 3.63) is 87.6 Å². The van der Waals surface area contributed by atoms with E-state index >= 15 is 0 Å². The summed E-state index contributed by atoms with van der Waals surface area (Å²) in [4.78, 5) is 31.2. The van der Waals surface area contributed by atoms with Gasteiger partial charge in [-0.1, -0.05) is 0 Å². The SMILES string of the molecule is COCc1ccc(C(=O)NCc2c(C)ncc3c2CCN(C(=O)c2cc(F)cc(F)c2)C3)o1. The minimum absolute atomic E-state index is 0.0326. The lowest BCUT2D eigenvalue weighted by Crippen LogP contribution is -2.37. The number of nitrogens with one attached hydrogen (secondary N) is 1. The van der Waals surface area contributed by atoms with Gasteiger partial charge in [0.15, 0.2) is 5.76 Å². The Labute approximate surface area is 189 Å². The van der Waals surface area contributed by atoms with Crippen molar-refractivity contribution in [2.75, 3.05) is 13.7 Å². The van der Waals surface area contributed by atoms with Crippen molar-refractivity contribution in [2.45, 2.75) is 33.0 Å². The number of aromatic nitrogens is 1. The van der Waals surface area contributed by atoms with Crippen LogP contribution in [0.4, 0.5) is 8.78 Å². The number of nitrogens with zero attached hydrogens (tertiary/aromatic N) is 2. The predicted molar refractivity (Wildman–Crippen MR) is 114 cm³/mol. The summed E-state index contributed by atoms with van der Waals surface area (Å²) in [6.07, 6.45) is 2.23. The second-order valence-corrected chi connectivity index (χ2v) is 7.84. The second-order valence-electron chi connectivity index (χ2n) is 7.84. The van der Waals surface area contributed by atoms with Crippen molar-refractivity contribution in [3.8, 4) is 0 Å². The molecule has 0 fully saturated rings. The fourth-order valence-electron chi connectivity index (χ4n) is 3.97. The molecule has 0 saturated carbocycles. The molecular weight excluding hydrogens is 432 g/mol. The average molecular weight is 455 g/mol. The van der Waals surface area contributed by atoms with Crippen LogP contribution in [0.5, 0.6) is 0 Å². The molecule has 0 radical (unpaired) electrons. The van der Waals surface area contributed by atoms with Crippen molar-refractivity contribution in [1.29, 1.82) is 0 Å². The molecule has 3 aromatic rings. The van der Waals surface area contributed by atoms with Crippen LogP contribution in [0.2, 0.25) is 0 Å². The Morgan fingerprint density at radius 3 is 2.70 bits per heavy atom. The van der Waals surface area contributed by atoms with Gasteiger partial charge in [-0.05, 0) is 54.3 Å². The first kappa shape index (κ1) is 22.6. The quantitative estimate of drug-likeness (QED) is 0.615. The van der Waals surface area contributed by atoms with E-state index in [1.54, 1.807) is 25.4 Å². The van der Waals surface area contributed by atoms with Gasteiger partial charge >= 0.3 is 0 Å². The van der Waals surface area contributed by atoms with Crippen LogP contribution in [0, 0.1) is 18.6 Å². The standard InChI is InChI=1S/C24H23F2N3O4/c1-14-21(11-28-23(30)22-4-3-19(33-22)13-32-2)20-5-6-29(12-16(20)10-27-14)24(31)15-7-17(25)9-18(26)8-15/h3-4,7-10H,5-6,11-13H2,1-2H3,(H,28,30). The lowest BCUT2D eigenvalue weighted by Gasteiger charge is -2.30. The third kappa shape index (κ3) is 4.93. The minimum atomic E-state index is -0.794. The number of fused-ring (bicyclic) bond motifs is 1. The van der Waals surface area contributed by atoms with Gasteiger partial charge in [-0.15, -0.1) is 0 Å². The molecule has 0 spiro atoms. The lowest BCUT2D eigenvalue weighted by molar-refractivity contribution is 0.0733. The highest BCUT2D eigenvalue weighted by Gasteiger charge is 2.25. The first-order valence-electron chi connectivity index (χ1n) is 10.4. The van der Waals surface area contributed by atoms with Crippen molar-refractivity contribution in [1.82, 2.24) is 15.2 Å². The van der Waals surface area contributed by atoms with E-state index in [2.05, 4.69) is 10.3 Å². The van der Waals surface area contributed by atoms with E-state index in [1.165, 1.54) is 4.90 Å². The van der Waals surface area contributed by atoms with Gasteiger partial charge < -0.3 is 19.4 Å². The van der Waals surface area contributed by atoms with Crippen LogP contribution in [0.25, 0.3) is 0 Å². The molecule has 2 amide bonds. The fourth-order valence-corrected chi connectivity index (χ4v) is 3.97. The number of benzene rings is 1. The van der Waals surface area contributed by atoms with Crippen molar-refractivity contribution in [2.24, 2.45) is 0 Å². The highest BCUT2D eigenvalue weighted by molar-refractivity contribution is 5.94. The van der Waals surface area contributed by atoms with E-state index in [0.717, 1.165) is 40.6 Å².